The lowest BCUT2D eigenvalue weighted by Crippen LogP contribution is -2.58. The van der Waals surface area contributed by atoms with Crippen LogP contribution in [0.2, 0.25) is 0 Å². The van der Waals surface area contributed by atoms with E-state index in [1.165, 1.54) is 0 Å². The first kappa shape index (κ1) is 13.7. The van der Waals surface area contributed by atoms with Gasteiger partial charge in [0.25, 0.3) is 0 Å². The first-order chi connectivity index (χ1) is 10.3. The molecule has 0 aromatic carbocycles. The Balaban J connectivity index is 1.92. The van der Waals surface area contributed by atoms with Crippen LogP contribution in [0.25, 0.3) is 11.2 Å². The van der Waals surface area contributed by atoms with Crippen molar-refractivity contribution in [3.8, 4) is 0 Å². The Bertz CT molecular complexity index is 646. The van der Waals surface area contributed by atoms with Crippen molar-refractivity contribution in [1.29, 1.82) is 0 Å². The van der Waals surface area contributed by atoms with Crippen molar-refractivity contribution in [2.24, 2.45) is 0 Å². The van der Waals surface area contributed by atoms with Crippen LogP contribution in [-0.2, 0) is 4.79 Å². The molecule has 21 heavy (non-hydrogen) atoms. The molecule has 0 aliphatic carbocycles. The molecule has 3 rings (SSSR count). The van der Waals surface area contributed by atoms with Gasteiger partial charge in [-0.3, -0.25) is 9.78 Å². The lowest BCUT2D eigenvalue weighted by atomic mass is 10.1. The summed E-state index contributed by atoms with van der Waals surface area (Å²) in [5, 5.41) is 6.13. The average molecular weight is 286 g/mol. The minimum Gasteiger partial charge on any atom is -0.355 e. The number of aromatic nitrogens is 3. The zero-order chi connectivity index (χ0) is 14.7. The summed E-state index contributed by atoms with van der Waals surface area (Å²) < 4.78 is 0. The fourth-order valence-corrected chi connectivity index (χ4v) is 2.51. The molecule has 110 valence electrons. The number of nitrogens with zero attached hydrogens (tertiary/aromatic N) is 4. The first-order valence-electron chi connectivity index (χ1n) is 7.12. The minimum absolute atomic E-state index is 0.0192. The van der Waals surface area contributed by atoms with Crippen LogP contribution < -0.4 is 15.5 Å². The van der Waals surface area contributed by atoms with Gasteiger partial charge in [0.05, 0.1) is 0 Å². The van der Waals surface area contributed by atoms with Gasteiger partial charge in [-0.15, -0.1) is 0 Å². The number of pyridine rings is 1. The number of likely N-dealkylation sites (N-methyl/N-ethyl adjacent to an activating group) is 1. The highest BCUT2D eigenvalue weighted by molar-refractivity contribution is 5.86. The molecule has 1 saturated heterocycles. The highest BCUT2D eigenvalue weighted by Gasteiger charge is 2.29. The molecule has 2 aromatic rings. The lowest BCUT2D eigenvalue weighted by molar-refractivity contribution is -0.122. The maximum Gasteiger partial charge on any atom is 0.244 e. The highest BCUT2D eigenvalue weighted by Crippen LogP contribution is 2.18. The number of piperazine rings is 1. The van der Waals surface area contributed by atoms with Crippen molar-refractivity contribution in [1.82, 2.24) is 25.6 Å². The van der Waals surface area contributed by atoms with E-state index in [-0.39, 0.29) is 11.9 Å². The van der Waals surface area contributed by atoms with E-state index in [4.69, 9.17) is 0 Å². The third-order valence-corrected chi connectivity index (χ3v) is 3.51. The van der Waals surface area contributed by atoms with E-state index in [0.29, 0.717) is 18.7 Å². The molecule has 1 aliphatic heterocycles. The second kappa shape index (κ2) is 6.01. The lowest BCUT2D eigenvalue weighted by Gasteiger charge is -2.36. The predicted octanol–water partition coefficient (Wildman–Crippen LogP) is -0.0609. The van der Waals surface area contributed by atoms with Crippen molar-refractivity contribution < 1.29 is 4.79 Å². The third kappa shape index (κ3) is 2.78. The van der Waals surface area contributed by atoms with E-state index in [9.17, 15) is 4.79 Å². The van der Waals surface area contributed by atoms with Crippen LogP contribution in [0.4, 0.5) is 5.82 Å². The van der Waals surface area contributed by atoms with E-state index in [1.54, 1.807) is 12.4 Å². The topological polar surface area (TPSA) is 83.0 Å². The molecular weight excluding hydrogens is 268 g/mol. The Labute approximate surface area is 122 Å². The van der Waals surface area contributed by atoms with Gasteiger partial charge in [-0.05, 0) is 19.1 Å². The number of amides is 1. The number of rotatable bonds is 3. The molecule has 2 aromatic heterocycles. The summed E-state index contributed by atoms with van der Waals surface area (Å²) >= 11 is 0. The summed E-state index contributed by atoms with van der Waals surface area (Å²) in [6, 6.07) is 3.54. The largest absolute Gasteiger partial charge is 0.355 e. The molecule has 0 saturated carbocycles. The average Bonchev–Trinajstić information content (AvgIpc) is 2.54. The van der Waals surface area contributed by atoms with Crippen molar-refractivity contribution in [3.05, 3.63) is 24.5 Å². The summed E-state index contributed by atoms with van der Waals surface area (Å²) in [6.45, 7) is 4.73. The zero-order valence-corrected chi connectivity index (χ0v) is 11.9. The Morgan fingerprint density at radius 2 is 2.29 bits per heavy atom. The van der Waals surface area contributed by atoms with Crippen LogP contribution in [0.5, 0.6) is 0 Å². The normalized spacial score (nSPS) is 18.7. The number of nitrogens with one attached hydrogen (secondary N) is 2. The summed E-state index contributed by atoms with van der Waals surface area (Å²) in [6.07, 6.45) is 3.27. The molecule has 1 unspecified atom stereocenters. The first-order valence-corrected chi connectivity index (χ1v) is 7.12. The maximum absolute atomic E-state index is 12.2. The summed E-state index contributed by atoms with van der Waals surface area (Å²) in [7, 11) is 0. The molecular formula is C14H18N6O. The van der Waals surface area contributed by atoms with Gasteiger partial charge < -0.3 is 15.5 Å². The Morgan fingerprint density at radius 3 is 3.14 bits per heavy atom. The van der Waals surface area contributed by atoms with Crippen LogP contribution in [0.3, 0.4) is 0 Å². The molecule has 0 bridgehead atoms. The number of anilines is 1. The molecule has 2 N–H and O–H groups in total. The second-order valence-electron chi connectivity index (χ2n) is 4.88. The van der Waals surface area contributed by atoms with E-state index in [0.717, 1.165) is 24.4 Å². The Hall–Kier alpha value is -2.28. The van der Waals surface area contributed by atoms with Crippen molar-refractivity contribution in [3.63, 3.8) is 0 Å². The number of carbonyl (C=O) groups is 1. The molecule has 1 amide bonds. The zero-order valence-electron chi connectivity index (χ0n) is 11.9. The van der Waals surface area contributed by atoms with Gasteiger partial charge in [-0.1, -0.05) is 0 Å². The standard InChI is InChI=1S/C14H18N6O/c1-2-16-14(21)11-9-15-7-8-20(11)12-4-3-10-13(19-12)18-6-5-17-10/h3-6,11,15H,2,7-9H2,1H3,(H,16,21). The highest BCUT2D eigenvalue weighted by atomic mass is 16.2. The summed E-state index contributed by atoms with van der Waals surface area (Å²) in [5.74, 6) is 0.784. The van der Waals surface area contributed by atoms with Crippen LogP contribution >= 0.6 is 0 Å². The summed E-state index contributed by atoms with van der Waals surface area (Å²) in [4.78, 5) is 27.2. The van der Waals surface area contributed by atoms with Gasteiger partial charge in [0.2, 0.25) is 5.91 Å². The number of hydrogen-bond donors (Lipinski definition) is 2. The van der Waals surface area contributed by atoms with Crippen LogP contribution in [-0.4, -0.2) is 53.1 Å². The summed E-state index contributed by atoms with van der Waals surface area (Å²) in [5.41, 5.74) is 1.36. The van der Waals surface area contributed by atoms with E-state index < -0.39 is 0 Å². The maximum atomic E-state index is 12.2. The van der Waals surface area contributed by atoms with Gasteiger partial charge in [-0.2, -0.15) is 0 Å². The Kier molecular flexibility index (Phi) is 3.92. The van der Waals surface area contributed by atoms with Crippen molar-refractivity contribution in [2.75, 3.05) is 31.1 Å². The molecule has 7 nitrogen and oxygen atoms in total. The molecule has 3 heterocycles. The number of fused-ring (bicyclic) bond motifs is 1. The van der Waals surface area contributed by atoms with Gasteiger partial charge in [0.15, 0.2) is 5.65 Å². The number of carbonyl (C=O) groups excluding carboxylic acids is 1. The SMILES string of the molecule is CCNC(=O)C1CNCCN1c1ccc2nccnc2n1. The fourth-order valence-electron chi connectivity index (χ4n) is 2.51. The van der Waals surface area contributed by atoms with E-state index in [2.05, 4.69) is 25.6 Å². The fraction of sp³-hybridized carbons (Fsp3) is 0.429. The van der Waals surface area contributed by atoms with Crippen LogP contribution in [0.1, 0.15) is 6.92 Å². The monoisotopic (exact) mass is 286 g/mol. The molecule has 7 heteroatoms. The second-order valence-corrected chi connectivity index (χ2v) is 4.88. The smallest absolute Gasteiger partial charge is 0.244 e. The quantitative estimate of drug-likeness (QED) is 0.822. The van der Waals surface area contributed by atoms with E-state index >= 15 is 0 Å². The molecule has 1 aliphatic rings. The van der Waals surface area contributed by atoms with Gasteiger partial charge in [0, 0.05) is 38.6 Å². The van der Waals surface area contributed by atoms with Gasteiger partial charge in [-0.25, -0.2) is 9.97 Å². The molecule has 1 atom stereocenters. The van der Waals surface area contributed by atoms with Crippen molar-refractivity contribution in [2.45, 2.75) is 13.0 Å². The molecule has 0 radical (unpaired) electrons. The van der Waals surface area contributed by atoms with Crippen molar-refractivity contribution >= 4 is 22.9 Å². The van der Waals surface area contributed by atoms with Crippen LogP contribution in [0, 0.1) is 0 Å². The van der Waals surface area contributed by atoms with Crippen LogP contribution in [0.15, 0.2) is 24.5 Å². The Morgan fingerprint density at radius 1 is 1.43 bits per heavy atom. The molecule has 1 fully saturated rings. The van der Waals surface area contributed by atoms with Gasteiger partial charge >= 0.3 is 0 Å². The molecule has 0 spiro atoms. The number of hydrogen-bond acceptors (Lipinski definition) is 6. The third-order valence-electron chi connectivity index (χ3n) is 3.51. The van der Waals surface area contributed by atoms with Gasteiger partial charge in [0.1, 0.15) is 17.4 Å². The minimum atomic E-state index is -0.250. The van der Waals surface area contributed by atoms with E-state index in [1.807, 2.05) is 24.0 Å². The predicted molar refractivity (Wildman–Crippen MR) is 80.0 cm³/mol.